The average Bonchev–Trinajstić information content (AvgIpc) is 3.50. The molecule has 1 aliphatic rings. The first-order chi connectivity index (χ1) is 18.5. The van der Waals surface area contributed by atoms with Gasteiger partial charge in [0.15, 0.2) is 5.75 Å². The summed E-state index contributed by atoms with van der Waals surface area (Å²) < 4.78 is 35.8. The zero-order valence-corrected chi connectivity index (χ0v) is 23.4. The molecule has 0 saturated carbocycles. The molecule has 0 spiro atoms. The number of rotatable bonds is 13. The second-order valence-corrected chi connectivity index (χ2v) is 11.8. The number of unbranched alkanes of at least 4 members (excludes halogenated alkanes) is 2. The van der Waals surface area contributed by atoms with Gasteiger partial charge in [-0.15, -0.1) is 0 Å². The maximum atomic E-state index is 13.9. The average molecular weight is 537 g/mol. The molecule has 0 radical (unpaired) electrons. The van der Waals surface area contributed by atoms with Gasteiger partial charge in [-0.25, -0.2) is 8.42 Å². The van der Waals surface area contributed by atoms with Crippen LogP contribution in [0.5, 0.6) is 11.5 Å². The third-order valence-electron chi connectivity index (χ3n) is 7.05. The van der Waals surface area contributed by atoms with Crippen LogP contribution in [0.25, 0.3) is 11.1 Å². The van der Waals surface area contributed by atoms with E-state index in [2.05, 4.69) is 30.9 Å². The molecule has 0 amide bonds. The summed E-state index contributed by atoms with van der Waals surface area (Å²) in [5.74, 6) is 0.917. The summed E-state index contributed by atoms with van der Waals surface area (Å²) in [5.41, 5.74) is 3.46. The number of benzene rings is 3. The molecule has 3 aromatic carbocycles. The van der Waals surface area contributed by atoms with Crippen LogP contribution in [0.4, 0.5) is 5.69 Å². The van der Waals surface area contributed by atoms with Crippen molar-refractivity contribution in [3.8, 4) is 22.6 Å². The van der Waals surface area contributed by atoms with Crippen LogP contribution in [0, 0.1) is 0 Å². The fourth-order valence-electron chi connectivity index (χ4n) is 4.85. The molecule has 204 valence electrons. The molecule has 0 bridgehead atoms. The molecule has 0 unspecified atom stereocenters. The highest BCUT2D eigenvalue weighted by molar-refractivity contribution is 7.89. The molecule has 1 heterocycles. The minimum absolute atomic E-state index is 0.131. The Labute approximate surface area is 227 Å². The summed E-state index contributed by atoms with van der Waals surface area (Å²) in [6, 6.07) is 21.4. The summed E-state index contributed by atoms with van der Waals surface area (Å²) in [5, 5.41) is 10.1. The van der Waals surface area contributed by atoms with Gasteiger partial charge in [-0.05, 0) is 66.6 Å². The number of anilines is 1. The van der Waals surface area contributed by atoms with Gasteiger partial charge in [0.1, 0.15) is 10.6 Å². The molecule has 38 heavy (non-hydrogen) atoms. The van der Waals surface area contributed by atoms with Crippen LogP contribution in [-0.2, 0) is 16.6 Å². The monoisotopic (exact) mass is 536 g/mol. The predicted molar refractivity (Wildman–Crippen MR) is 154 cm³/mol. The molecule has 3 aromatic rings. The van der Waals surface area contributed by atoms with E-state index in [9.17, 15) is 13.5 Å². The normalized spacial score (nSPS) is 14.1. The largest absolute Gasteiger partial charge is 0.454 e. The Bertz CT molecular complexity index is 1260. The lowest BCUT2D eigenvalue weighted by molar-refractivity contribution is 0.281. The Balaban J connectivity index is 1.81. The fraction of sp³-hybridized carbons (Fsp3) is 0.419. The molecule has 4 rings (SSSR count). The summed E-state index contributed by atoms with van der Waals surface area (Å²) in [6.45, 7) is 6.64. The first kappa shape index (κ1) is 28.1. The Morgan fingerprint density at radius 2 is 1.47 bits per heavy atom. The molecule has 1 fully saturated rings. The van der Waals surface area contributed by atoms with Crippen molar-refractivity contribution < 1.29 is 18.3 Å². The highest BCUT2D eigenvalue weighted by Gasteiger charge is 2.33. The minimum Gasteiger partial charge on any atom is -0.454 e. The number of aliphatic hydroxyl groups is 1. The third kappa shape index (κ3) is 6.57. The zero-order chi connectivity index (χ0) is 27.0. The van der Waals surface area contributed by atoms with Crippen molar-refractivity contribution in [2.45, 2.75) is 63.9 Å². The molecular weight excluding hydrogens is 496 g/mol. The van der Waals surface area contributed by atoms with E-state index >= 15 is 0 Å². The van der Waals surface area contributed by atoms with Crippen LogP contribution in [0.3, 0.4) is 0 Å². The number of nitrogens with zero attached hydrogens (tertiary/aromatic N) is 2. The van der Waals surface area contributed by atoms with Gasteiger partial charge in [-0.1, -0.05) is 69.2 Å². The maximum absolute atomic E-state index is 13.9. The highest BCUT2D eigenvalue weighted by Crippen LogP contribution is 2.42. The van der Waals surface area contributed by atoms with E-state index in [1.807, 2.05) is 48.5 Å². The zero-order valence-electron chi connectivity index (χ0n) is 22.6. The number of hydrogen-bond acceptors (Lipinski definition) is 5. The molecular formula is C31H40N2O4S. The van der Waals surface area contributed by atoms with Crippen molar-refractivity contribution >= 4 is 15.7 Å². The van der Waals surface area contributed by atoms with Crippen LogP contribution < -0.4 is 9.64 Å². The van der Waals surface area contributed by atoms with E-state index in [4.69, 9.17) is 4.74 Å². The van der Waals surface area contributed by atoms with Crippen molar-refractivity contribution in [1.82, 2.24) is 4.31 Å². The fourth-order valence-corrected chi connectivity index (χ4v) is 6.54. The van der Waals surface area contributed by atoms with Gasteiger partial charge in [0.2, 0.25) is 10.0 Å². The Kier molecular flexibility index (Phi) is 9.83. The van der Waals surface area contributed by atoms with Crippen LogP contribution in [0.2, 0.25) is 0 Å². The number of hydrogen-bond donors (Lipinski definition) is 1. The Hall–Kier alpha value is -2.87. The first-order valence-corrected chi connectivity index (χ1v) is 15.3. The van der Waals surface area contributed by atoms with Gasteiger partial charge in [0, 0.05) is 26.2 Å². The van der Waals surface area contributed by atoms with Gasteiger partial charge in [-0.2, -0.15) is 4.31 Å². The second-order valence-electron chi connectivity index (χ2n) is 9.90. The van der Waals surface area contributed by atoms with Crippen LogP contribution in [-0.4, -0.2) is 44.0 Å². The van der Waals surface area contributed by atoms with E-state index < -0.39 is 10.0 Å². The van der Waals surface area contributed by atoms with Crippen molar-refractivity contribution in [2.24, 2.45) is 0 Å². The van der Waals surface area contributed by atoms with Gasteiger partial charge in [-0.3, -0.25) is 0 Å². The number of aliphatic hydroxyl groups excluding tert-OH is 1. The number of ether oxygens (including phenoxy) is 1. The van der Waals surface area contributed by atoms with Gasteiger partial charge < -0.3 is 14.7 Å². The Morgan fingerprint density at radius 3 is 2.05 bits per heavy atom. The van der Waals surface area contributed by atoms with Crippen molar-refractivity contribution in [3.05, 3.63) is 72.3 Å². The molecule has 0 atom stereocenters. The van der Waals surface area contributed by atoms with E-state index in [0.717, 1.165) is 68.4 Å². The summed E-state index contributed by atoms with van der Waals surface area (Å²) in [4.78, 5) is 2.36. The van der Waals surface area contributed by atoms with Gasteiger partial charge in [0.25, 0.3) is 0 Å². The van der Waals surface area contributed by atoms with E-state index in [0.29, 0.717) is 30.2 Å². The standard InChI is InChI=1S/C31H40N2O4S/c1-3-5-18-32(19-6-4-2)29-22-25(24-34)23-30(38(35,36)33-20-10-11-21-33)31(29)37-28-16-14-27(15-17-28)26-12-8-7-9-13-26/h7-9,12-17,22-23,34H,3-6,10-11,18-21,24H2,1-2H3. The Morgan fingerprint density at radius 1 is 0.868 bits per heavy atom. The van der Waals surface area contributed by atoms with Gasteiger partial charge in [0.05, 0.1) is 12.3 Å². The molecule has 1 N–H and O–H groups in total. The predicted octanol–water partition coefficient (Wildman–Crippen LogP) is 6.83. The van der Waals surface area contributed by atoms with Crippen molar-refractivity contribution in [1.29, 1.82) is 0 Å². The molecule has 0 aromatic heterocycles. The quantitative estimate of drug-likeness (QED) is 0.259. The molecule has 0 aliphatic carbocycles. The van der Waals surface area contributed by atoms with Crippen LogP contribution in [0.1, 0.15) is 57.9 Å². The van der Waals surface area contributed by atoms with Crippen molar-refractivity contribution in [2.75, 3.05) is 31.1 Å². The van der Waals surface area contributed by atoms with E-state index in [1.165, 1.54) is 0 Å². The highest BCUT2D eigenvalue weighted by atomic mass is 32.2. The lowest BCUT2D eigenvalue weighted by Gasteiger charge is -2.29. The minimum atomic E-state index is -3.80. The van der Waals surface area contributed by atoms with E-state index in [-0.39, 0.29) is 11.5 Å². The molecule has 6 nitrogen and oxygen atoms in total. The molecule has 1 aliphatic heterocycles. The SMILES string of the molecule is CCCCN(CCCC)c1cc(CO)cc(S(=O)(=O)N2CCCC2)c1Oc1ccc(-c2ccccc2)cc1. The molecule has 1 saturated heterocycles. The third-order valence-corrected chi connectivity index (χ3v) is 8.95. The summed E-state index contributed by atoms with van der Waals surface area (Å²) in [7, 11) is -3.80. The summed E-state index contributed by atoms with van der Waals surface area (Å²) in [6.07, 6.45) is 5.71. The number of sulfonamides is 1. The first-order valence-electron chi connectivity index (χ1n) is 13.8. The van der Waals surface area contributed by atoms with E-state index in [1.54, 1.807) is 10.4 Å². The maximum Gasteiger partial charge on any atom is 0.246 e. The lowest BCUT2D eigenvalue weighted by atomic mass is 10.1. The summed E-state index contributed by atoms with van der Waals surface area (Å²) >= 11 is 0. The topological polar surface area (TPSA) is 70.1 Å². The molecule has 7 heteroatoms. The van der Waals surface area contributed by atoms with Crippen molar-refractivity contribution in [3.63, 3.8) is 0 Å². The van der Waals surface area contributed by atoms with Crippen LogP contribution >= 0.6 is 0 Å². The van der Waals surface area contributed by atoms with Gasteiger partial charge >= 0.3 is 0 Å². The lowest BCUT2D eigenvalue weighted by Crippen LogP contribution is -2.30. The smallest absolute Gasteiger partial charge is 0.246 e. The van der Waals surface area contributed by atoms with Crippen LogP contribution in [0.15, 0.2) is 71.6 Å². The second kappa shape index (κ2) is 13.3.